The summed E-state index contributed by atoms with van der Waals surface area (Å²) in [4.78, 5) is 22.5. The Bertz CT molecular complexity index is 529. The molecular formula is C14H18N2O4. The zero-order valence-corrected chi connectivity index (χ0v) is 11.6. The molecule has 0 bridgehead atoms. The highest BCUT2D eigenvalue weighted by atomic mass is 16.6. The van der Waals surface area contributed by atoms with Crippen molar-refractivity contribution >= 4 is 17.7 Å². The average Bonchev–Trinajstić information content (AvgIpc) is 2.35. The van der Waals surface area contributed by atoms with Crippen LogP contribution in [0.4, 0.5) is 0 Å². The predicted octanol–water partition coefficient (Wildman–Crippen LogP) is 1.75. The van der Waals surface area contributed by atoms with Crippen molar-refractivity contribution in [3.63, 3.8) is 0 Å². The van der Waals surface area contributed by atoms with Crippen molar-refractivity contribution < 1.29 is 19.4 Å². The lowest BCUT2D eigenvalue weighted by Crippen LogP contribution is -2.34. The van der Waals surface area contributed by atoms with Gasteiger partial charge in [0, 0.05) is 0 Å². The molecule has 20 heavy (non-hydrogen) atoms. The van der Waals surface area contributed by atoms with Crippen LogP contribution in [-0.4, -0.2) is 28.4 Å². The third kappa shape index (κ3) is 4.17. The van der Waals surface area contributed by atoms with E-state index in [9.17, 15) is 9.59 Å². The van der Waals surface area contributed by atoms with E-state index >= 15 is 0 Å². The Balaban J connectivity index is 2.84. The lowest BCUT2D eigenvalue weighted by molar-refractivity contribution is -0.146. The van der Waals surface area contributed by atoms with E-state index in [0.717, 1.165) is 0 Å². The number of rotatable bonds is 4. The summed E-state index contributed by atoms with van der Waals surface area (Å²) in [6, 6.07) is 4.76. The van der Waals surface area contributed by atoms with E-state index in [-0.39, 0.29) is 11.3 Å². The second kappa shape index (κ2) is 5.83. The first-order valence-electron chi connectivity index (χ1n) is 6.02. The van der Waals surface area contributed by atoms with Gasteiger partial charge in [-0.3, -0.25) is 5.41 Å². The molecule has 0 aliphatic carbocycles. The topological polar surface area (TPSA) is 113 Å². The Morgan fingerprint density at radius 1 is 1.25 bits per heavy atom. The number of ether oxygens (including phenoxy) is 1. The molecule has 0 heterocycles. The Kier molecular flexibility index (Phi) is 4.62. The summed E-state index contributed by atoms with van der Waals surface area (Å²) in [6.07, 6.45) is 0. The van der Waals surface area contributed by atoms with Gasteiger partial charge in [0.25, 0.3) is 0 Å². The largest absolute Gasteiger partial charge is 0.478 e. The van der Waals surface area contributed by atoms with Gasteiger partial charge in [-0.15, -0.1) is 0 Å². The molecule has 1 rings (SSSR count). The van der Waals surface area contributed by atoms with E-state index in [1.807, 2.05) is 0 Å². The van der Waals surface area contributed by atoms with Crippen LogP contribution in [0, 0.1) is 5.41 Å². The number of carboxylic acids is 1. The molecule has 0 fully saturated rings. The molecule has 6 heteroatoms. The van der Waals surface area contributed by atoms with Gasteiger partial charge in [0.15, 0.2) is 0 Å². The van der Waals surface area contributed by atoms with Crippen LogP contribution in [0.1, 0.15) is 42.7 Å². The molecule has 0 radical (unpaired) electrons. The van der Waals surface area contributed by atoms with E-state index in [2.05, 4.69) is 0 Å². The molecule has 0 saturated carbocycles. The van der Waals surface area contributed by atoms with Crippen LogP contribution < -0.4 is 5.73 Å². The van der Waals surface area contributed by atoms with Crippen molar-refractivity contribution in [1.82, 2.24) is 0 Å². The van der Waals surface area contributed by atoms with E-state index in [4.69, 9.17) is 21.0 Å². The van der Waals surface area contributed by atoms with Crippen LogP contribution >= 0.6 is 0 Å². The van der Waals surface area contributed by atoms with Gasteiger partial charge < -0.3 is 15.6 Å². The predicted molar refractivity (Wildman–Crippen MR) is 73.9 cm³/mol. The minimum atomic E-state index is -1.05. The Hall–Kier alpha value is -2.21. The quantitative estimate of drug-likeness (QED) is 0.573. The molecule has 4 N–H and O–H groups in total. The smallest absolute Gasteiger partial charge is 0.354 e. The summed E-state index contributed by atoms with van der Waals surface area (Å²) in [5.41, 5.74) is 5.33. The summed E-state index contributed by atoms with van der Waals surface area (Å²) in [6.45, 7) is 5.10. The first kappa shape index (κ1) is 15.8. The fourth-order valence-corrected chi connectivity index (χ4v) is 1.46. The Morgan fingerprint density at radius 3 is 2.15 bits per heavy atom. The van der Waals surface area contributed by atoms with E-state index in [1.54, 1.807) is 20.8 Å². The molecule has 6 nitrogen and oxygen atoms in total. The SMILES string of the molecule is CC(C)(C)OC(=O)C(=N)C(N)c1ccc(C(=O)O)cc1. The molecule has 0 amide bonds. The van der Waals surface area contributed by atoms with E-state index < -0.39 is 23.6 Å². The number of nitrogens with one attached hydrogen (secondary N) is 1. The van der Waals surface area contributed by atoms with Gasteiger partial charge in [-0.1, -0.05) is 12.1 Å². The molecule has 1 aromatic carbocycles. The van der Waals surface area contributed by atoms with Gasteiger partial charge in [0.05, 0.1) is 11.6 Å². The van der Waals surface area contributed by atoms with Gasteiger partial charge in [-0.25, -0.2) is 9.59 Å². The lowest BCUT2D eigenvalue weighted by atomic mass is 10.0. The van der Waals surface area contributed by atoms with Crippen molar-refractivity contribution in [1.29, 1.82) is 5.41 Å². The van der Waals surface area contributed by atoms with Gasteiger partial charge >= 0.3 is 11.9 Å². The molecule has 108 valence electrons. The highest BCUT2D eigenvalue weighted by Crippen LogP contribution is 2.16. The average molecular weight is 278 g/mol. The first-order chi connectivity index (χ1) is 9.11. The number of esters is 1. The van der Waals surface area contributed by atoms with Crippen molar-refractivity contribution in [2.75, 3.05) is 0 Å². The van der Waals surface area contributed by atoms with Gasteiger partial charge in [0.2, 0.25) is 0 Å². The second-order valence-corrected chi connectivity index (χ2v) is 5.32. The van der Waals surface area contributed by atoms with Crippen molar-refractivity contribution in [2.24, 2.45) is 5.73 Å². The Morgan fingerprint density at radius 2 is 1.75 bits per heavy atom. The van der Waals surface area contributed by atoms with Crippen LogP contribution in [-0.2, 0) is 9.53 Å². The number of benzene rings is 1. The lowest BCUT2D eigenvalue weighted by Gasteiger charge is -2.21. The fourth-order valence-electron chi connectivity index (χ4n) is 1.46. The zero-order valence-electron chi connectivity index (χ0n) is 11.6. The number of carboxylic acid groups (broad SMARTS) is 1. The maximum Gasteiger partial charge on any atom is 0.354 e. The molecule has 1 aromatic rings. The number of carbonyl (C=O) groups is 2. The highest BCUT2D eigenvalue weighted by Gasteiger charge is 2.25. The number of nitrogens with two attached hydrogens (primary N) is 1. The number of hydrogen-bond donors (Lipinski definition) is 3. The molecule has 0 saturated heterocycles. The molecule has 0 aliphatic rings. The van der Waals surface area contributed by atoms with Crippen molar-refractivity contribution in [3.05, 3.63) is 35.4 Å². The van der Waals surface area contributed by atoms with E-state index in [0.29, 0.717) is 5.56 Å². The minimum Gasteiger partial charge on any atom is -0.478 e. The summed E-state index contributed by atoms with van der Waals surface area (Å²) >= 11 is 0. The highest BCUT2D eigenvalue weighted by molar-refractivity contribution is 6.37. The third-order valence-electron chi connectivity index (χ3n) is 2.45. The summed E-state index contributed by atoms with van der Waals surface area (Å²) < 4.78 is 5.07. The molecular weight excluding hydrogens is 260 g/mol. The van der Waals surface area contributed by atoms with Crippen LogP contribution in [0.2, 0.25) is 0 Å². The summed E-state index contributed by atoms with van der Waals surface area (Å²) in [7, 11) is 0. The second-order valence-electron chi connectivity index (χ2n) is 5.32. The molecule has 0 aromatic heterocycles. The number of hydrogen-bond acceptors (Lipinski definition) is 5. The standard InChI is InChI=1S/C14H18N2O4/c1-14(2,3)20-13(19)11(16)10(15)8-4-6-9(7-5-8)12(17)18/h4-7,10,16H,15H2,1-3H3,(H,17,18). The summed E-state index contributed by atoms with van der Waals surface area (Å²) in [5.74, 6) is -1.83. The maximum atomic E-state index is 11.7. The molecule has 1 unspecified atom stereocenters. The molecule has 0 spiro atoms. The first-order valence-corrected chi connectivity index (χ1v) is 6.02. The minimum absolute atomic E-state index is 0.116. The summed E-state index contributed by atoms with van der Waals surface area (Å²) in [5, 5.41) is 16.5. The normalized spacial score (nSPS) is 12.6. The van der Waals surface area contributed by atoms with Gasteiger partial charge in [0.1, 0.15) is 11.3 Å². The Labute approximate surface area is 117 Å². The van der Waals surface area contributed by atoms with Crippen molar-refractivity contribution in [2.45, 2.75) is 32.4 Å². The van der Waals surface area contributed by atoms with Crippen LogP contribution in [0.5, 0.6) is 0 Å². The number of aromatic carboxylic acids is 1. The molecule has 1 atom stereocenters. The van der Waals surface area contributed by atoms with Crippen molar-refractivity contribution in [3.8, 4) is 0 Å². The number of carbonyl (C=O) groups excluding carboxylic acids is 1. The van der Waals surface area contributed by atoms with Gasteiger partial charge in [-0.2, -0.15) is 0 Å². The zero-order chi connectivity index (χ0) is 15.5. The van der Waals surface area contributed by atoms with Crippen LogP contribution in [0.15, 0.2) is 24.3 Å². The monoisotopic (exact) mass is 278 g/mol. The fraction of sp³-hybridized carbons (Fsp3) is 0.357. The molecule has 0 aliphatic heterocycles. The van der Waals surface area contributed by atoms with Crippen LogP contribution in [0.3, 0.4) is 0 Å². The third-order valence-corrected chi connectivity index (χ3v) is 2.45. The van der Waals surface area contributed by atoms with Crippen LogP contribution in [0.25, 0.3) is 0 Å². The van der Waals surface area contributed by atoms with E-state index in [1.165, 1.54) is 24.3 Å². The van der Waals surface area contributed by atoms with Gasteiger partial charge in [-0.05, 0) is 38.5 Å². The maximum absolute atomic E-state index is 11.7.